The van der Waals surface area contributed by atoms with E-state index in [4.69, 9.17) is 4.74 Å². The maximum absolute atomic E-state index is 11.7. The van der Waals surface area contributed by atoms with E-state index < -0.39 is 0 Å². The predicted molar refractivity (Wildman–Crippen MR) is 55.2 cm³/mol. The maximum Gasteiger partial charge on any atom is 0.261 e. The van der Waals surface area contributed by atoms with Gasteiger partial charge in [0.2, 0.25) is 0 Å². The van der Waals surface area contributed by atoms with Crippen LogP contribution in [0.4, 0.5) is 0 Å². The van der Waals surface area contributed by atoms with Gasteiger partial charge in [0.25, 0.3) is 5.56 Å². The fourth-order valence-electron chi connectivity index (χ4n) is 1.39. The van der Waals surface area contributed by atoms with Crippen molar-refractivity contribution < 1.29 is 9.84 Å². The van der Waals surface area contributed by atoms with E-state index >= 15 is 0 Å². The van der Waals surface area contributed by atoms with E-state index in [9.17, 15) is 9.90 Å². The number of hydrogen-bond donors (Lipinski definition) is 1. The Morgan fingerprint density at radius 2 is 2.20 bits per heavy atom. The highest BCUT2D eigenvalue weighted by Crippen LogP contribution is 2.28. The molecule has 0 fully saturated rings. The van der Waals surface area contributed by atoms with Crippen molar-refractivity contribution in [3.8, 4) is 11.5 Å². The molecule has 0 aliphatic rings. The highest BCUT2D eigenvalue weighted by molar-refractivity contribution is 5.81. The average molecular weight is 206 g/mol. The number of methoxy groups -OCH3 is 1. The van der Waals surface area contributed by atoms with Crippen LogP contribution in [0.2, 0.25) is 0 Å². The smallest absolute Gasteiger partial charge is 0.261 e. The molecule has 0 aliphatic carbocycles. The largest absolute Gasteiger partial charge is 0.504 e. The van der Waals surface area contributed by atoms with Crippen LogP contribution in [0.25, 0.3) is 10.9 Å². The van der Waals surface area contributed by atoms with Gasteiger partial charge in [0.05, 0.1) is 24.3 Å². The van der Waals surface area contributed by atoms with Crippen LogP contribution in [0, 0.1) is 0 Å². The standard InChI is InChI=1S/C10H10N2O3/c1-12-5-11-7-4-9(15-2)8(13)3-6(7)10(12)14/h3-5,13H,1-2H3. The zero-order valence-electron chi connectivity index (χ0n) is 8.39. The van der Waals surface area contributed by atoms with Gasteiger partial charge in [-0.2, -0.15) is 0 Å². The summed E-state index contributed by atoms with van der Waals surface area (Å²) in [7, 11) is 3.05. The minimum Gasteiger partial charge on any atom is -0.504 e. The molecule has 0 saturated heterocycles. The zero-order valence-corrected chi connectivity index (χ0v) is 8.39. The quantitative estimate of drug-likeness (QED) is 0.744. The molecule has 5 nitrogen and oxygen atoms in total. The number of ether oxygens (including phenoxy) is 1. The summed E-state index contributed by atoms with van der Waals surface area (Å²) >= 11 is 0. The highest BCUT2D eigenvalue weighted by atomic mass is 16.5. The van der Waals surface area contributed by atoms with Crippen molar-refractivity contribution in [3.05, 3.63) is 28.8 Å². The van der Waals surface area contributed by atoms with Gasteiger partial charge < -0.3 is 14.4 Å². The predicted octanol–water partition coefficient (Wildman–Crippen LogP) is 0.648. The molecule has 0 atom stereocenters. The summed E-state index contributed by atoms with van der Waals surface area (Å²) < 4.78 is 6.28. The third-order valence-electron chi connectivity index (χ3n) is 2.22. The fourth-order valence-corrected chi connectivity index (χ4v) is 1.39. The second-order valence-electron chi connectivity index (χ2n) is 3.20. The number of phenolic OH excluding ortho intramolecular Hbond substituents is 1. The van der Waals surface area contributed by atoms with Crippen LogP contribution in [-0.2, 0) is 7.05 Å². The number of aryl methyl sites for hydroxylation is 1. The van der Waals surface area contributed by atoms with Crippen molar-refractivity contribution in [2.45, 2.75) is 0 Å². The van der Waals surface area contributed by atoms with Crippen molar-refractivity contribution in [1.29, 1.82) is 0 Å². The molecule has 2 aromatic rings. The molecule has 0 radical (unpaired) electrons. The van der Waals surface area contributed by atoms with Crippen molar-refractivity contribution in [1.82, 2.24) is 9.55 Å². The van der Waals surface area contributed by atoms with Crippen LogP contribution >= 0.6 is 0 Å². The molecule has 0 amide bonds. The second kappa shape index (κ2) is 3.27. The number of benzene rings is 1. The molecule has 5 heteroatoms. The molecule has 0 aliphatic heterocycles. The van der Waals surface area contributed by atoms with E-state index in [-0.39, 0.29) is 11.3 Å². The highest BCUT2D eigenvalue weighted by Gasteiger charge is 2.08. The Kier molecular flexibility index (Phi) is 2.07. The summed E-state index contributed by atoms with van der Waals surface area (Å²) in [6, 6.07) is 2.90. The molecule has 1 aromatic carbocycles. The number of aromatic hydroxyl groups is 1. The van der Waals surface area contributed by atoms with Gasteiger partial charge in [-0.15, -0.1) is 0 Å². The van der Waals surface area contributed by atoms with E-state index in [1.807, 2.05) is 0 Å². The number of aromatic nitrogens is 2. The minimum absolute atomic E-state index is 0.0601. The van der Waals surface area contributed by atoms with Gasteiger partial charge in [-0.1, -0.05) is 0 Å². The van der Waals surface area contributed by atoms with Crippen LogP contribution < -0.4 is 10.3 Å². The molecule has 1 aromatic heterocycles. The van der Waals surface area contributed by atoms with Gasteiger partial charge in [0.15, 0.2) is 11.5 Å². The number of hydrogen-bond acceptors (Lipinski definition) is 4. The van der Waals surface area contributed by atoms with Crippen molar-refractivity contribution in [2.24, 2.45) is 7.05 Å². The lowest BCUT2D eigenvalue weighted by atomic mass is 10.2. The molecule has 1 N–H and O–H groups in total. The number of nitrogens with zero attached hydrogens (tertiary/aromatic N) is 2. The molecule has 0 spiro atoms. The van der Waals surface area contributed by atoms with Crippen LogP contribution in [0.15, 0.2) is 23.3 Å². The molecule has 1 heterocycles. The molecule has 78 valence electrons. The van der Waals surface area contributed by atoms with E-state index in [1.165, 1.54) is 30.1 Å². The molecular weight excluding hydrogens is 196 g/mol. The lowest BCUT2D eigenvalue weighted by molar-refractivity contribution is 0.374. The Labute approximate surface area is 85.6 Å². The Bertz CT molecular complexity index is 575. The van der Waals surface area contributed by atoms with Crippen LogP contribution in [-0.4, -0.2) is 21.8 Å². The first kappa shape index (κ1) is 9.51. The van der Waals surface area contributed by atoms with Crippen LogP contribution in [0.3, 0.4) is 0 Å². The molecule has 0 bridgehead atoms. The van der Waals surface area contributed by atoms with E-state index in [0.29, 0.717) is 16.7 Å². The van der Waals surface area contributed by atoms with E-state index in [0.717, 1.165) is 0 Å². The van der Waals surface area contributed by atoms with Crippen LogP contribution in [0.5, 0.6) is 11.5 Å². The lowest BCUT2D eigenvalue weighted by Crippen LogP contribution is -2.16. The van der Waals surface area contributed by atoms with Crippen molar-refractivity contribution >= 4 is 10.9 Å². The van der Waals surface area contributed by atoms with Crippen molar-refractivity contribution in [3.63, 3.8) is 0 Å². The van der Waals surface area contributed by atoms with E-state index in [1.54, 1.807) is 7.05 Å². The molecule has 15 heavy (non-hydrogen) atoms. The maximum atomic E-state index is 11.7. The Hall–Kier alpha value is -2.04. The van der Waals surface area contributed by atoms with Crippen molar-refractivity contribution in [2.75, 3.05) is 7.11 Å². The first-order valence-electron chi connectivity index (χ1n) is 4.36. The summed E-state index contributed by atoms with van der Waals surface area (Å²) in [4.78, 5) is 15.7. The first-order valence-corrected chi connectivity index (χ1v) is 4.36. The van der Waals surface area contributed by atoms with Gasteiger partial charge in [-0.05, 0) is 6.07 Å². The topological polar surface area (TPSA) is 64.4 Å². The number of phenols is 1. The average Bonchev–Trinajstić information content (AvgIpc) is 2.24. The van der Waals surface area contributed by atoms with Gasteiger partial charge >= 0.3 is 0 Å². The molecule has 0 saturated carbocycles. The number of rotatable bonds is 1. The van der Waals surface area contributed by atoms with Gasteiger partial charge in [-0.3, -0.25) is 4.79 Å². The molecule has 2 rings (SSSR count). The normalized spacial score (nSPS) is 10.5. The van der Waals surface area contributed by atoms with Crippen LogP contribution in [0.1, 0.15) is 0 Å². The lowest BCUT2D eigenvalue weighted by Gasteiger charge is -2.05. The first-order chi connectivity index (χ1) is 7.13. The van der Waals surface area contributed by atoms with Gasteiger partial charge in [0, 0.05) is 13.1 Å². The number of fused-ring (bicyclic) bond motifs is 1. The Balaban J connectivity index is 2.88. The Morgan fingerprint density at radius 1 is 1.47 bits per heavy atom. The third-order valence-corrected chi connectivity index (χ3v) is 2.22. The minimum atomic E-state index is -0.196. The summed E-state index contributed by atoms with van der Waals surface area (Å²) in [5.74, 6) is 0.248. The SMILES string of the molecule is COc1cc2ncn(C)c(=O)c2cc1O. The molecular formula is C10H10N2O3. The molecule has 0 unspecified atom stereocenters. The summed E-state index contributed by atoms with van der Waals surface area (Å²) in [5.41, 5.74) is 0.311. The monoisotopic (exact) mass is 206 g/mol. The summed E-state index contributed by atoms with van der Waals surface area (Å²) in [6.45, 7) is 0. The summed E-state index contributed by atoms with van der Waals surface area (Å²) in [5, 5.41) is 9.90. The van der Waals surface area contributed by atoms with Gasteiger partial charge in [-0.25, -0.2) is 4.98 Å². The van der Waals surface area contributed by atoms with Gasteiger partial charge in [0.1, 0.15) is 0 Å². The Morgan fingerprint density at radius 3 is 2.87 bits per heavy atom. The summed E-state index contributed by atoms with van der Waals surface area (Å²) in [6.07, 6.45) is 1.43. The zero-order chi connectivity index (χ0) is 11.0. The second-order valence-corrected chi connectivity index (χ2v) is 3.20. The fraction of sp³-hybridized carbons (Fsp3) is 0.200. The van der Waals surface area contributed by atoms with E-state index in [2.05, 4.69) is 4.98 Å². The third kappa shape index (κ3) is 1.41.